The topological polar surface area (TPSA) is 80.5 Å². The number of rotatable bonds is 4. The van der Waals surface area contributed by atoms with Crippen molar-refractivity contribution in [1.82, 2.24) is 4.90 Å². The maximum atomic E-state index is 12.3. The van der Waals surface area contributed by atoms with Crippen molar-refractivity contribution in [1.29, 1.82) is 0 Å². The molecule has 0 unspecified atom stereocenters. The van der Waals surface area contributed by atoms with Gasteiger partial charge in [0.05, 0.1) is 5.75 Å². The minimum absolute atomic E-state index is 0.00248. The molecule has 2 N–H and O–H groups in total. The molecule has 1 aliphatic rings. The summed E-state index contributed by atoms with van der Waals surface area (Å²) in [5.74, 6) is -0.895. The number of benzene rings is 1. The zero-order chi connectivity index (χ0) is 16.3. The molecule has 1 fully saturated rings. The van der Waals surface area contributed by atoms with Crippen LogP contribution >= 0.6 is 15.9 Å². The van der Waals surface area contributed by atoms with Gasteiger partial charge >= 0.3 is 0 Å². The highest BCUT2D eigenvalue weighted by Crippen LogP contribution is 2.18. The minimum Gasteiger partial charge on any atom is -0.339 e. The Bertz CT molecular complexity index is 648. The maximum absolute atomic E-state index is 12.3. The molecule has 0 spiro atoms. The highest BCUT2D eigenvalue weighted by atomic mass is 79.9. The first kappa shape index (κ1) is 17.4. The number of carbonyl (C=O) groups excluding carboxylic acids is 1. The number of hydrogen-bond donors (Lipinski definition) is 1. The molecule has 0 radical (unpaired) electrons. The zero-order valence-electron chi connectivity index (χ0n) is 12.5. The molecule has 0 bridgehead atoms. The molecule has 1 aliphatic heterocycles. The third-order valence-electron chi connectivity index (χ3n) is 3.86. The van der Waals surface area contributed by atoms with E-state index in [-0.39, 0.29) is 23.7 Å². The van der Waals surface area contributed by atoms with Crippen molar-refractivity contribution in [2.45, 2.75) is 37.6 Å². The van der Waals surface area contributed by atoms with Crippen molar-refractivity contribution in [2.24, 2.45) is 5.73 Å². The van der Waals surface area contributed by atoms with Crippen LogP contribution in [0.2, 0.25) is 0 Å². The van der Waals surface area contributed by atoms with E-state index >= 15 is 0 Å². The first-order valence-corrected chi connectivity index (χ1v) is 9.88. The fourth-order valence-electron chi connectivity index (χ4n) is 2.78. The standard InChI is InChI=1S/C15H21BrN2O3S/c1-11-7-14(17)5-6-18(11)15(19)10-22(20,21)9-12-3-2-4-13(16)8-12/h2-4,8,11,14H,5-7,9-10,17H2,1H3/t11-,14-/m1/s1. The number of sulfone groups is 1. The summed E-state index contributed by atoms with van der Waals surface area (Å²) in [5, 5.41) is 0. The van der Waals surface area contributed by atoms with Crippen LogP contribution < -0.4 is 5.73 Å². The van der Waals surface area contributed by atoms with Gasteiger partial charge in [-0.3, -0.25) is 4.79 Å². The summed E-state index contributed by atoms with van der Waals surface area (Å²) in [6, 6.07) is 7.21. The average molecular weight is 389 g/mol. The van der Waals surface area contributed by atoms with Crippen LogP contribution in [0.1, 0.15) is 25.3 Å². The van der Waals surface area contributed by atoms with Gasteiger partial charge in [0, 0.05) is 23.1 Å². The summed E-state index contributed by atoms with van der Waals surface area (Å²) in [5.41, 5.74) is 6.55. The Kier molecular flexibility index (Phi) is 5.63. The summed E-state index contributed by atoms with van der Waals surface area (Å²) in [6.45, 7) is 2.45. The van der Waals surface area contributed by atoms with Gasteiger partial charge in [-0.25, -0.2) is 8.42 Å². The molecular weight excluding hydrogens is 368 g/mol. The quantitative estimate of drug-likeness (QED) is 0.850. The molecule has 122 valence electrons. The first-order valence-electron chi connectivity index (χ1n) is 7.27. The molecule has 22 heavy (non-hydrogen) atoms. The monoisotopic (exact) mass is 388 g/mol. The smallest absolute Gasteiger partial charge is 0.238 e. The molecule has 0 aromatic heterocycles. The van der Waals surface area contributed by atoms with Gasteiger partial charge in [0.1, 0.15) is 5.75 Å². The number of hydrogen-bond acceptors (Lipinski definition) is 4. The van der Waals surface area contributed by atoms with E-state index in [1.54, 1.807) is 23.1 Å². The Morgan fingerprint density at radius 1 is 1.45 bits per heavy atom. The second-order valence-corrected chi connectivity index (χ2v) is 8.86. The van der Waals surface area contributed by atoms with Crippen molar-refractivity contribution in [3.8, 4) is 0 Å². The molecule has 1 aromatic rings. The first-order chi connectivity index (χ1) is 10.3. The number of nitrogens with zero attached hydrogens (tertiary/aromatic N) is 1. The molecule has 2 rings (SSSR count). The van der Waals surface area contributed by atoms with Crippen LogP contribution in [0.15, 0.2) is 28.7 Å². The van der Waals surface area contributed by atoms with E-state index in [1.807, 2.05) is 13.0 Å². The lowest BCUT2D eigenvalue weighted by molar-refractivity contribution is -0.131. The summed E-state index contributed by atoms with van der Waals surface area (Å²) in [4.78, 5) is 13.9. The van der Waals surface area contributed by atoms with E-state index in [1.165, 1.54) is 0 Å². The molecule has 1 saturated heterocycles. The van der Waals surface area contributed by atoms with Gasteiger partial charge in [0.25, 0.3) is 0 Å². The minimum atomic E-state index is -3.48. The van der Waals surface area contributed by atoms with Gasteiger partial charge < -0.3 is 10.6 Å². The van der Waals surface area contributed by atoms with E-state index in [9.17, 15) is 13.2 Å². The van der Waals surface area contributed by atoms with Crippen LogP contribution in [-0.4, -0.2) is 43.6 Å². The summed E-state index contributed by atoms with van der Waals surface area (Å²) in [6.07, 6.45) is 1.44. The van der Waals surface area contributed by atoms with Gasteiger partial charge in [-0.2, -0.15) is 0 Å². The average Bonchev–Trinajstić information content (AvgIpc) is 2.36. The highest BCUT2D eigenvalue weighted by Gasteiger charge is 2.29. The molecule has 2 atom stereocenters. The van der Waals surface area contributed by atoms with Gasteiger partial charge in [0.2, 0.25) is 5.91 Å². The number of nitrogens with two attached hydrogens (primary N) is 1. The highest BCUT2D eigenvalue weighted by molar-refractivity contribution is 9.10. The van der Waals surface area contributed by atoms with Crippen LogP contribution in [0.5, 0.6) is 0 Å². The van der Waals surface area contributed by atoms with Crippen molar-refractivity contribution >= 4 is 31.7 Å². The van der Waals surface area contributed by atoms with Crippen molar-refractivity contribution < 1.29 is 13.2 Å². The predicted octanol–water partition coefficient (Wildman–Crippen LogP) is 1.70. The van der Waals surface area contributed by atoms with E-state index in [2.05, 4.69) is 15.9 Å². The molecule has 5 nitrogen and oxygen atoms in total. The van der Waals surface area contributed by atoms with Gasteiger partial charge in [-0.05, 0) is 37.5 Å². The Morgan fingerprint density at radius 3 is 2.82 bits per heavy atom. The Labute approximate surface area is 139 Å². The van der Waals surface area contributed by atoms with Crippen LogP contribution in [0.4, 0.5) is 0 Å². The second-order valence-electron chi connectivity index (χ2n) is 5.88. The molecular formula is C15H21BrN2O3S. The van der Waals surface area contributed by atoms with Gasteiger partial charge in [-0.15, -0.1) is 0 Å². The Hall–Kier alpha value is -0.920. The van der Waals surface area contributed by atoms with Crippen LogP contribution in [0, 0.1) is 0 Å². The normalized spacial score (nSPS) is 22.6. The van der Waals surface area contributed by atoms with Gasteiger partial charge in [0.15, 0.2) is 9.84 Å². The molecule has 0 saturated carbocycles. The number of amides is 1. The van der Waals surface area contributed by atoms with Crippen molar-refractivity contribution in [3.63, 3.8) is 0 Å². The third-order valence-corrected chi connectivity index (χ3v) is 5.81. The summed E-state index contributed by atoms with van der Waals surface area (Å²) < 4.78 is 25.3. The van der Waals surface area contributed by atoms with E-state index in [4.69, 9.17) is 5.73 Å². The number of likely N-dealkylation sites (tertiary alicyclic amines) is 1. The number of halogens is 1. The van der Waals surface area contributed by atoms with Gasteiger partial charge in [-0.1, -0.05) is 28.1 Å². The molecule has 0 aliphatic carbocycles. The van der Waals surface area contributed by atoms with E-state index in [0.29, 0.717) is 12.1 Å². The Morgan fingerprint density at radius 2 is 2.18 bits per heavy atom. The van der Waals surface area contributed by atoms with E-state index < -0.39 is 15.6 Å². The SMILES string of the molecule is C[C@@H]1C[C@H](N)CCN1C(=O)CS(=O)(=O)Cc1cccc(Br)c1. The predicted molar refractivity (Wildman–Crippen MR) is 90.0 cm³/mol. The van der Waals surface area contributed by atoms with E-state index in [0.717, 1.165) is 17.3 Å². The molecule has 7 heteroatoms. The van der Waals surface area contributed by atoms with Crippen molar-refractivity contribution in [2.75, 3.05) is 12.3 Å². The van der Waals surface area contributed by atoms with Crippen molar-refractivity contribution in [3.05, 3.63) is 34.3 Å². The van der Waals surface area contributed by atoms with Crippen LogP contribution in [0.25, 0.3) is 0 Å². The fraction of sp³-hybridized carbons (Fsp3) is 0.533. The molecule has 1 amide bonds. The number of carbonyl (C=O) groups is 1. The molecule has 1 heterocycles. The third kappa shape index (κ3) is 4.79. The largest absolute Gasteiger partial charge is 0.339 e. The number of piperidine rings is 1. The summed E-state index contributed by atoms with van der Waals surface area (Å²) in [7, 11) is -3.48. The second kappa shape index (κ2) is 7.10. The lowest BCUT2D eigenvalue weighted by Gasteiger charge is -2.36. The fourth-order valence-corrected chi connectivity index (χ4v) is 4.56. The lowest BCUT2D eigenvalue weighted by Crippen LogP contribution is -2.50. The zero-order valence-corrected chi connectivity index (χ0v) is 14.9. The maximum Gasteiger partial charge on any atom is 0.238 e. The van der Waals surface area contributed by atoms with Crippen LogP contribution in [-0.2, 0) is 20.4 Å². The van der Waals surface area contributed by atoms with Crippen LogP contribution in [0.3, 0.4) is 0 Å². The lowest BCUT2D eigenvalue weighted by atomic mass is 9.99. The summed E-state index contributed by atoms with van der Waals surface area (Å²) >= 11 is 3.31. The molecule has 1 aromatic carbocycles. The Balaban J connectivity index is 2.00.